The first-order chi connectivity index (χ1) is 12.2. The predicted molar refractivity (Wildman–Crippen MR) is 99.7 cm³/mol. The molecule has 1 heterocycles. The molecule has 0 spiro atoms. The van der Waals surface area contributed by atoms with Gasteiger partial charge in [-0.15, -0.1) is 11.3 Å². The van der Waals surface area contributed by atoms with Crippen LogP contribution in [0.25, 0.3) is 0 Å². The SMILES string of the molecule is COc1ccc(C(=O)NC2CCCCC2)c(CC(=O)c2cccs2)c1. The fourth-order valence-corrected chi connectivity index (χ4v) is 3.94. The van der Waals surface area contributed by atoms with Crippen LogP contribution < -0.4 is 10.1 Å². The third-order valence-electron chi connectivity index (χ3n) is 4.64. The van der Waals surface area contributed by atoms with E-state index in [2.05, 4.69) is 5.32 Å². The van der Waals surface area contributed by atoms with E-state index in [-0.39, 0.29) is 24.2 Å². The highest BCUT2D eigenvalue weighted by atomic mass is 32.1. The van der Waals surface area contributed by atoms with Crippen LogP contribution in [0.3, 0.4) is 0 Å². The molecule has 4 nitrogen and oxygen atoms in total. The van der Waals surface area contributed by atoms with Crippen molar-refractivity contribution in [2.45, 2.75) is 44.6 Å². The van der Waals surface area contributed by atoms with Gasteiger partial charge < -0.3 is 10.1 Å². The Hall–Kier alpha value is -2.14. The first kappa shape index (κ1) is 17.7. The number of methoxy groups -OCH3 is 1. The van der Waals surface area contributed by atoms with Gasteiger partial charge in [-0.05, 0) is 48.1 Å². The summed E-state index contributed by atoms with van der Waals surface area (Å²) in [6, 6.07) is 9.24. The van der Waals surface area contributed by atoms with Crippen molar-refractivity contribution in [2.75, 3.05) is 7.11 Å². The summed E-state index contributed by atoms with van der Waals surface area (Å²) in [5, 5.41) is 5.02. The summed E-state index contributed by atoms with van der Waals surface area (Å²) in [5.74, 6) is 0.585. The number of rotatable bonds is 6. The Labute approximate surface area is 152 Å². The lowest BCUT2D eigenvalue weighted by Gasteiger charge is -2.23. The summed E-state index contributed by atoms with van der Waals surface area (Å²) < 4.78 is 5.27. The summed E-state index contributed by atoms with van der Waals surface area (Å²) >= 11 is 1.42. The standard InChI is InChI=1S/C20H23NO3S/c1-24-16-9-10-17(20(23)21-15-6-3-2-4-7-15)14(12-16)13-18(22)19-8-5-11-25-19/h5,8-12,15H,2-4,6-7,13H2,1H3,(H,21,23). The molecule has 1 saturated carbocycles. The fraction of sp³-hybridized carbons (Fsp3) is 0.400. The minimum absolute atomic E-state index is 0.0231. The molecule has 1 N–H and O–H groups in total. The lowest BCUT2D eigenvalue weighted by molar-refractivity contribution is 0.0926. The van der Waals surface area contributed by atoms with Crippen LogP contribution in [-0.2, 0) is 6.42 Å². The fourth-order valence-electron chi connectivity index (χ4n) is 3.27. The van der Waals surface area contributed by atoms with E-state index in [9.17, 15) is 9.59 Å². The van der Waals surface area contributed by atoms with Crippen molar-refractivity contribution in [3.05, 3.63) is 51.7 Å². The Morgan fingerprint density at radius 2 is 2.00 bits per heavy atom. The molecule has 3 rings (SSSR count). The lowest BCUT2D eigenvalue weighted by Crippen LogP contribution is -2.36. The van der Waals surface area contributed by atoms with Gasteiger partial charge in [0.15, 0.2) is 5.78 Å². The van der Waals surface area contributed by atoms with E-state index in [1.54, 1.807) is 25.3 Å². The zero-order chi connectivity index (χ0) is 17.6. The number of ketones is 1. The molecule has 1 amide bonds. The highest BCUT2D eigenvalue weighted by Crippen LogP contribution is 2.23. The number of thiophene rings is 1. The van der Waals surface area contributed by atoms with Crippen molar-refractivity contribution in [2.24, 2.45) is 0 Å². The van der Waals surface area contributed by atoms with Gasteiger partial charge in [0, 0.05) is 18.0 Å². The molecular weight excluding hydrogens is 334 g/mol. The van der Waals surface area contributed by atoms with Crippen LogP contribution in [0.4, 0.5) is 0 Å². The zero-order valence-electron chi connectivity index (χ0n) is 14.4. The Balaban J connectivity index is 1.79. The van der Waals surface area contributed by atoms with Crippen molar-refractivity contribution >= 4 is 23.0 Å². The molecule has 0 radical (unpaired) electrons. The summed E-state index contributed by atoms with van der Waals surface area (Å²) in [4.78, 5) is 25.9. The average molecular weight is 357 g/mol. The Kier molecular flexibility index (Phi) is 5.87. The number of amides is 1. The minimum atomic E-state index is -0.0940. The Morgan fingerprint density at radius 1 is 1.20 bits per heavy atom. The molecule has 1 aromatic heterocycles. The predicted octanol–water partition coefficient (Wildman–Crippen LogP) is 4.24. The van der Waals surface area contributed by atoms with Crippen LogP contribution in [0.5, 0.6) is 5.75 Å². The van der Waals surface area contributed by atoms with E-state index in [1.807, 2.05) is 17.5 Å². The van der Waals surface area contributed by atoms with Gasteiger partial charge in [0.2, 0.25) is 0 Å². The van der Waals surface area contributed by atoms with E-state index in [0.29, 0.717) is 21.8 Å². The highest BCUT2D eigenvalue weighted by Gasteiger charge is 2.20. The van der Waals surface area contributed by atoms with Gasteiger partial charge in [0.25, 0.3) is 5.91 Å². The zero-order valence-corrected chi connectivity index (χ0v) is 15.2. The van der Waals surface area contributed by atoms with Crippen LogP contribution in [0, 0.1) is 0 Å². The number of hydrogen-bond donors (Lipinski definition) is 1. The second-order valence-corrected chi connectivity index (χ2v) is 7.36. The van der Waals surface area contributed by atoms with Crippen molar-refractivity contribution in [1.82, 2.24) is 5.32 Å². The minimum Gasteiger partial charge on any atom is -0.497 e. The Morgan fingerprint density at radius 3 is 2.68 bits per heavy atom. The maximum absolute atomic E-state index is 12.7. The summed E-state index contributed by atoms with van der Waals surface area (Å²) in [7, 11) is 1.59. The topological polar surface area (TPSA) is 55.4 Å². The third kappa shape index (κ3) is 4.48. The van der Waals surface area contributed by atoms with Crippen LogP contribution in [0.1, 0.15) is 57.7 Å². The molecule has 1 fully saturated rings. The van der Waals surface area contributed by atoms with E-state index in [0.717, 1.165) is 25.7 Å². The van der Waals surface area contributed by atoms with Gasteiger partial charge >= 0.3 is 0 Å². The average Bonchev–Trinajstić information content (AvgIpc) is 3.17. The van der Waals surface area contributed by atoms with Crippen molar-refractivity contribution in [3.8, 4) is 5.75 Å². The molecule has 1 aliphatic carbocycles. The number of nitrogens with one attached hydrogen (secondary N) is 1. The van der Waals surface area contributed by atoms with E-state index < -0.39 is 0 Å². The molecule has 5 heteroatoms. The van der Waals surface area contributed by atoms with Crippen LogP contribution >= 0.6 is 11.3 Å². The highest BCUT2D eigenvalue weighted by molar-refractivity contribution is 7.12. The molecule has 132 valence electrons. The van der Waals surface area contributed by atoms with Crippen molar-refractivity contribution in [1.29, 1.82) is 0 Å². The molecule has 0 atom stereocenters. The maximum atomic E-state index is 12.7. The quantitative estimate of drug-likeness (QED) is 0.787. The molecule has 1 aromatic carbocycles. The molecular formula is C20H23NO3S. The largest absolute Gasteiger partial charge is 0.497 e. The number of carbonyl (C=O) groups excluding carboxylic acids is 2. The number of benzene rings is 1. The Bertz CT molecular complexity index is 733. The second-order valence-electron chi connectivity index (χ2n) is 6.41. The van der Waals surface area contributed by atoms with E-state index in [1.165, 1.54) is 17.8 Å². The van der Waals surface area contributed by atoms with Crippen LogP contribution in [0.2, 0.25) is 0 Å². The number of Topliss-reactive ketones (excluding diaryl/α,β-unsaturated/α-hetero) is 1. The van der Waals surface area contributed by atoms with Gasteiger partial charge in [-0.2, -0.15) is 0 Å². The molecule has 1 aliphatic rings. The molecule has 0 unspecified atom stereocenters. The monoisotopic (exact) mass is 357 g/mol. The smallest absolute Gasteiger partial charge is 0.251 e. The van der Waals surface area contributed by atoms with Crippen molar-refractivity contribution in [3.63, 3.8) is 0 Å². The second kappa shape index (κ2) is 8.30. The molecule has 0 saturated heterocycles. The van der Waals surface area contributed by atoms with Gasteiger partial charge in [0.05, 0.1) is 12.0 Å². The van der Waals surface area contributed by atoms with Crippen molar-refractivity contribution < 1.29 is 14.3 Å². The van der Waals surface area contributed by atoms with E-state index >= 15 is 0 Å². The normalized spacial score (nSPS) is 14.9. The summed E-state index contributed by atoms with van der Waals surface area (Å²) in [6.45, 7) is 0. The van der Waals surface area contributed by atoms with Gasteiger partial charge in [-0.25, -0.2) is 0 Å². The number of carbonyl (C=O) groups is 2. The van der Waals surface area contributed by atoms with Gasteiger partial charge in [-0.3, -0.25) is 9.59 Å². The summed E-state index contributed by atoms with van der Waals surface area (Å²) in [6.07, 6.45) is 5.84. The first-order valence-corrected chi connectivity index (χ1v) is 9.60. The molecule has 2 aromatic rings. The van der Waals surface area contributed by atoms with Crippen LogP contribution in [0.15, 0.2) is 35.7 Å². The number of hydrogen-bond acceptors (Lipinski definition) is 4. The third-order valence-corrected chi connectivity index (χ3v) is 5.56. The molecule has 25 heavy (non-hydrogen) atoms. The van der Waals surface area contributed by atoms with Gasteiger partial charge in [0.1, 0.15) is 5.75 Å². The number of ether oxygens (including phenoxy) is 1. The summed E-state index contributed by atoms with van der Waals surface area (Å²) in [5.41, 5.74) is 1.28. The molecule has 0 aliphatic heterocycles. The van der Waals surface area contributed by atoms with Crippen LogP contribution in [-0.4, -0.2) is 24.8 Å². The lowest BCUT2D eigenvalue weighted by atomic mass is 9.94. The first-order valence-electron chi connectivity index (χ1n) is 8.72. The van der Waals surface area contributed by atoms with Gasteiger partial charge in [-0.1, -0.05) is 25.3 Å². The molecule has 0 bridgehead atoms. The van der Waals surface area contributed by atoms with E-state index in [4.69, 9.17) is 4.74 Å². The maximum Gasteiger partial charge on any atom is 0.251 e.